The van der Waals surface area contributed by atoms with Crippen molar-refractivity contribution in [3.8, 4) is 16.9 Å². The van der Waals surface area contributed by atoms with E-state index in [1.165, 1.54) is 6.07 Å². The number of hydrogen-bond donors (Lipinski definition) is 3. The Bertz CT molecular complexity index is 1370. The van der Waals surface area contributed by atoms with Gasteiger partial charge in [0.25, 0.3) is 5.91 Å². The van der Waals surface area contributed by atoms with Crippen LogP contribution in [0.5, 0.6) is 5.75 Å². The fourth-order valence-electron chi connectivity index (χ4n) is 4.47. The third-order valence-corrected chi connectivity index (χ3v) is 6.57. The Morgan fingerprint density at radius 3 is 2.29 bits per heavy atom. The number of carbonyl (C=O) groups is 2. The highest BCUT2D eigenvalue weighted by atomic mass is 19.4. The number of ether oxygens (including phenoxy) is 1. The number of nitrogens with two attached hydrogens (primary N) is 2. The molecule has 1 aromatic heterocycles. The molecule has 12 heteroatoms. The Morgan fingerprint density at radius 2 is 1.71 bits per heavy atom. The van der Waals surface area contributed by atoms with E-state index in [4.69, 9.17) is 16.2 Å². The van der Waals surface area contributed by atoms with Gasteiger partial charge in [0.1, 0.15) is 5.75 Å². The number of nitrogen functional groups attached to an aromatic ring is 1. The SMILES string of the molecule is CC(Oc1cc(-c2ccc(C(N)=O)c(N3CCN(C(=O)C(C)(C)C)CC3)c2)cc2[nH]nc(N)c12)C(F)(F)F. The molecule has 2 aromatic carbocycles. The lowest BCUT2D eigenvalue weighted by atomic mass is 9.94. The minimum Gasteiger partial charge on any atom is -0.480 e. The normalized spacial score (nSPS) is 15.6. The molecule has 1 aliphatic rings. The van der Waals surface area contributed by atoms with Crippen LogP contribution in [-0.4, -0.2) is 65.4 Å². The molecule has 38 heavy (non-hydrogen) atoms. The summed E-state index contributed by atoms with van der Waals surface area (Å²) in [5, 5.41) is 6.89. The number of amides is 2. The fraction of sp³-hybridized carbons (Fsp3) is 0.423. The number of halogens is 3. The van der Waals surface area contributed by atoms with Crippen molar-refractivity contribution in [2.45, 2.75) is 40.0 Å². The number of H-pyrrole nitrogens is 1. The number of primary amides is 1. The Labute approximate surface area is 217 Å². The molecule has 1 atom stereocenters. The minimum absolute atomic E-state index is 0.0170. The second kappa shape index (κ2) is 9.73. The summed E-state index contributed by atoms with van der Waals surface area (Å²) in [5.74, 6) is -0.611. The van der Waals surface area contributed by atoms with Gasteiger partial charge >= 0.3 is 6.18 Å². The summed E-state index contributed by atoms with van der Waals surface area (Å²) in [7, 11) is 0. The largest absolute Gasteiger partial charge is 0.480 e. The Hall–Kier alpha value is -3.96. The zero-order chi connectivity index (χ0) is 28.0. The lowest BCUT2D eigenvalue weighted by Gasteiger charge is -2.39. The number of rotatable bonds is 5. The monoisotopic (exact) mass is 532 g/mol. The van der Waals surface area contributed by atoms with Crippen LogP contribution in [0.1, 0.15) is 38.1 Å². The number of nitrogens with one attached hydrogen (secondary N) is 1. The summed E-state index contributed by atoms with van der Waals surface area (Å²) in [6.45, 7) is 8.45. The van der Waals surface area contributed by atoms with Crippen LogP contribution in [0.3, 0.4) is 0 Å². The van der Waals surface area contributed by atoms with Gasteiger partial charge in [-0.2, -0.15) is 18.3 Å². The van der Waals surface area contributed by atoms with Crippen molar-refractivity contribution in [2.75, 3.05) is 36.8 Å². The van der Waals surface area contributed by atoms with Crippen molar-refractivity contribution >= 4 is 34.2 Å². The van der Waals surface area contributed by atoms with Gasteiger partial charge in [0.05, 0.1) is 22.2 Å². The van der Waals surface area contributed by atoms with Crippen LogP contribution in [0.2, 0.25) is 0 Å². The Balaban J connectivity index is 1.71. The van der Waals surface area contributed by atoms with Crippen molar-refractivity contribution in [1.29, 1.82) is 0 Å². The van der Waals surface area contributed by atoms with Crippen LogP contribution in [0.4, 0.5) is 24.7 Å². The highest BCUT2D eigenvalue weighted by Gasteiger charge is 2.38. The highest BCUT2D eigenvalue weighted by Crippen LogP contribution is 2.38. The fourth-order valence-corrected chi connectivity index (χ4v) is 4.47. The molecule has 0 bridgehead atoms. The average molecular weight is 533 g/mol. The summed E-state index contributed by atoms with van der Waals surface area (Å²) in [4.78, 5) is 28.7. The molecule has 0 spiro atoms. The van der Waals surface area contributed by atoms with Gasteiger partial charge in [-0.1, -0.05) is 26.8 Å². The first kappa shape index (κ1) is 27.1. The number of benzene rings is 2. The molecule has 1 aliphatic heterocycles. The van der Waals surface area contributed by atoms with E-state index in [9.17, 15) is 22.8 Å². The number of alkyl halides is 3. The van der Waals surface area contributed by atoms with Crippen molar-refractivity contribution < 1.29 is 27.5 Å². The molecule has 9 nitrogen and oxygen atoms in total. The van der Waals surface area contributed by atoms with Gasteiger partial charge in [-0.05, 0) is 42.3 Å². The first-order valence-electron chi connectivity index (χ1n) is 12.2. The van der Waals surface area contributed by atoms with Gasteiger partial charge in [-0.15, -0.1) is 0 Å². The van der Waals surface area contributed by atoms with Gasteiger partial charge in [-0.3, -0.25) is 14.7 Å². The van der Waals surface area contributed by atoms with Crippen molar-refractivity contribution in [3.63, 3.8) is 0 Å². The van der Waals surface area contributed by atoms with E-state index in [2.05, 4.69) is 10.2 Å². The van der Waals surface area contributed by atoms with Crippen molar-refractivity contribution in [1.82, 2.24) is 15.1 Å². The molecule has 2 heterocycles. The zero-order valence-corrected chi connectivity index (χ0v) is 21.6. The lowest BCUT2D eigenvalue weighted by molar-refractivity contribution is -0.188. The Kier molecular flexibility index (Phi) is 6.94. The van der Waals surface area contributed by atoms with Crippen LogP contribution in [-0.2, 0) is 4.79 Å². The maximum absolute atomic E-state index is 13.3. The van der Waals surface area contributed by atoms with E-state index in [-0.39, 0.29) is 22.9 Å². The van der Waals surface area contributed by atoms with E-state index in [1.807, 2.05) is 25.7 Å². The molecular formula is C26H31F3N6O3. The van der Waals surface area contributed by atoms with E-state index in [1.54, 1.807) is 29.2 Å². The van der Waals surface area contributed by atoms with Gasteiger partial charge in [0.2, 0.25) is 5.91 Å². The van der Waals surface area contributed by atoms with E-state index in [0.717, 1.165) is 6.92 Å². The Morgan fingerprint density at radius 1 is 1.05 bits per heavy atom. The predicted octanol–water partition coefficient (Wildman–Crippen LogP) is 3.94. The topological polar surface area (TPSA) is 131 Å². The number of aromatic nitrogens is 2. The molecule has 1 unspecified atom stereocenters. The van der Waals surface area contributed by atoms with Crippen molar-refractivity contribution in [3.05, 3.63) is 35.9 Å². The number of nitrogens with zero attached hydrogens (tertiary/aromatic N) is 3. The molecule has 1 fully saturated rings. The minimum atomic E-state index is -4.58. The summed E-state index contributed by atoms with van der Waals surface area (Å²) in [5.41, 5.74) is 13.5. The number of anilines is 2. The first-order valence-corrected chi connectivity index (χ1v) is 12.2. The van der Waals surface area contributed by atoms with Crippen LogP contribution in [0, 0.1) is 5.41 Å². The summed E-state index contributed by atoms with van der Waals surface area (Å²) in [6.07, 6.45) is -6.65. The summed E-state index contributed by atoms with van der Waals surface area (Å²) in [6, 6.07) is 8.19. The van der Waals surface area contributed by atoms with Crippen LogP contribution < -0.4 is 21.1 Å². The standard InChI is InChI=1S/C26H31F3N6O3/c1-14(26(27,28)29)38-20-13-16(11-18-21(20)22(30)33-32-18)15-5-6-17(23(31)36)19(12-15)34-7-9-35(10-8-34)24(37)25(2,3)4/h5-6,11-14H,7-10H2,1-4H3,(H2,31,36)(H3,30,32,33). The number of piperazine rings is 1. The maximum Gasteiger partial charge on any atom is 0.425 e. The van der Waals surface area contributed by atoms with E-state index < -0.39 is 23.6 Å². The second-order valence-corrected chi connectivity index (χ2v) is 10.4. The quantitative estimate of drug-likeness (QED) is 0.456. The first-order chi connectivity index (χ1) is 17.7. The van der Waals surface area contributed by atoms with E-state index in [0.29, 0.717) is 54.1 Å². The van der Waals surface area contributed by atoms with Crippen LogP contribution in [0.25, 0.3) is 22.0 Å². The molecular weight excluding hydrogens is 501 g/mol. The second-order valence-electron chi connectivity index (χ2n) is 10.4. The van der Waals surface area contributed by atoms with Crippen LogP contribution in [0.15, 0.2) is 30.3 Å². The molecule has 2 amide bonds. The van der Waals surface area contributed by atoms with Crippen molar-refractivity contribution in [2.24, 2.45) is 11.1 Å². The number of carbonyl (C=O) groups excluding carboxylic acids is 2. The third kappa shape index (κ3) is 5.34. The van der Waals surface area contributed by atoms with Gasteiger partial charge in [0, 0.05) is 31.6 Å². The van der Waals surface area contributed by atoms with Gasteiger partial charge in [0.15, 0.2) is 11.9 Å². The molecule has 5 N–H and O–H groups in total. The summed E-state index contributed by atoms with van der Waals surface area (Å²) >= 11 is 0. The molecule has 1 saturated heterocycles. The molecule has 204 valence electrons. The number of hydrogen-bond acceptors (Lipinski definition) is 6. The molecule has 0 saturated carbocycles. The molecule has 0 aliphatic carbocycles. The maximum atomic E-state index is 13.3. The lowest BCUT2D eigenvalue weighted by Crippen LogP contribution is -2.52. The summed E-state index contributed by atoms with van der Waals surface area (Å²) < 4.78 is 45.0. The highest BCUT2D eigenvalue weighted by molar-refractivity contribution is 6.01. The predicted molar refractivity (Wildman–Crippen MR) is 139 cm³/mol. The van der Waals surface area contributed by atoms with E-state index >= 15 is 0 Å². The van der Waals surface area contributed by atoms with Gasteiger partial charge < -0.3 is 26.0 Å². The molecule has 0 radical (unpaired) electrons. The zero-order valence-electron chi connectivity index (χ0n) is 21.6. The number of aromatic amines is 1. The third-order valence-electron chi connectivity index (χ3n) is 6.57. The average Bonchev–Trinajstić information content (AvgIpc) is 3.22. The smallest absolute Gasteiger partial charge is 0.425 e. The number of fused-ring (bicyclic) bond motifs is 1. The van der Waals surface area contributed by atoms with Gasteiger partial charge in [-0.25, -0.2) is 0 Å². The van der Waals surface area contributed by atoms with Crippen LogP contribution >= 0.6 is 0 Å². The molecule has 4 rings (SSSR count). The molecule has 3 aromatic rings.